The topological polar surface area (TPSA) is 41.9 Å². The molecule has 2 saturated carbocycles. The van der Waals surface area contributed by atoms with Crippen LogP contribution in [-0.2, 0) is 9.47 Å². The molecule has 1 N–H and O–H groups in total. The van der Waals surface area contributed by atoms with Crippen LogP contribution in [0.4, 0.5) is 0 Å². The number of hydrogen-bond donors (Lipinski definition) is 1. The summed E-state index contributed by atoms with van der Waals surface area (Å²) >= 11 is 0. The molecule has 0 spiro atoms. The highest BCUT2D eigenvalue weighted by Gasteiger charge is 2.34. The summed E-state index contributed by atoms with van der Waals surface area (Å²) in [4.78, 5) is 2.46. The van der Waals surface area contributed by atoms with Crippen molar-refractivity contribution in [2.24, 2.45) is 5.92 Å². The molecule has 2 aliphatic rings. The molecule has 0 bridgehead atoms. The van der Waals surface area contributed by atoms with E-state index < -0.39 is 0 Å². The van der Waals surface area contributed by atoms with Crippen LogP contribution in [-0.4, -0.2) is 61.7 Å². The average molecular weight is 257 g/mol. The zero-order chi connectivity index (χ0) is 13.0. The Morgan fingerprint density at radius 1 is 1.22 bits per heavy atom. The van der Waals surface area contributed by atoms with Gasteiger partial charge in [-0.15, -0.1) is 0 Å². The molecule has 0 saturated heterocycles. The van der Waals surface area contributed by atoms with Crippen LogP contribution in [0.25, 0.3) is 0 Å². The first-order valence-electron chi connectivity index (χ1n) is 7.21. The van der Waals surface area contributed by atoms with Crippen LogP contribution in [0.15, 0.2) is 0 Å². The van der Waals surface area contributed by atoms with Gasteiger partial charge in [0.25, 0.3) is 0 Å². The molecule has 2 atom stereocenters. The number of hydrogen-bond acceptors (Lipinski definition) is 4. The van der Waals surface area contributed by atoms with Crippen molar-refractivity contribution in [2.75, 3.05) is 33.4 Å². The molecule has 2 fully saturated rings. The minimum Gasteiger partial charge on any atom is -0.389 e. The zero-order valence-electron chi connectivity index (χ0n) is 11.7. The van der Waals surface area contributed by atoms with Crippen molar-refractivity contribution in [1.29, 1.82) is 0 Å². The van der Waals surface area contributed by atoms with E-state index in [4.69, 9.17) is 9.47 Å². The van der Waals surface area contributed by atoms with Crippen molar-refractivity contribution in [3.63, 3.8) is 0 Å². The lowest BCUT2D eigenvalue weighted by Crippen LogP contribution is -2.38. The van der Waals surface area contributed by atoms with Gasteiger partial charge < -0.3 is 14.6 Å². The molecule has 2 aliphatic carbocycles. The predicted molar refractivity (Wildman–Crippen MR) is 70.6 cm³/mol. The van der Waals surface area contributed by atoms with Crippen molar-refractivity contribution in [3.05, 3.63) is 0 Å². The number of rotatable bonds is 10. The van der Waals surface area contributed by atoms with E-state index in [0.29, 0.717) is 13.2 Å². The largest absolute Gasteiger partial charge is 0.389 e. The summed E-state index contributed by atoms with van der Waals surface area (Å²) in [5.41, 5.74) is 0. The zero-order valence-corrected chi connectivity index (χ0v) is 11.7. The molecule has 0 amide bonds. The summed E-state index contributed by atoms with van der Waals surface area (Å²) < 4.78 is 10.6. The molecule has 0 aromatic rings. The number of ether oxygens (including phenoxy) is 2. The van der Waals surface area contributed by atoms with Gasteiger partial charge in [0.1, 0.15) is 0 Å². The van der Waals surface area contributed by atoms with Crippen molar-refractivity contribution in [3.8, 4) is 0 Å². The fraction of sp³-hybridized carbons (Fsp3) is 1.00. The maximum atomic E-state index is 10.0. The van der Waals surface area contributed by atoms with E-state index in [-0.39, 0.29) is 12.2 Å². The van der Waals surface area contributed by atoms with Gasteiger partial charge in [0.15, 0.2) is 0 Å². The monoisotopic (exact) mass is 257 g/mol. The van der Waals surface area contributed by atoms with Gasteiger partial charge >= 0.3 is 0 Å². The standard InChI is InChI=1S/C14H27NO3/c1-11(9-17-2)18-10-14(16)8-15(13-5-6-13)7-12-3-4-12/h11-14,16H,3-10H2,1-2H3. The summed E-state index contributed by atoms with van der Waals surface area (Å²) in [5, 5.41) is 10.0. The molecule has 0 radical (unpaired) electrons. The van der Waals surface area contributed by atoms with Gasteiger partial charge in [0.2, 0.25) is 0 Å². The lowest BCUT2D eigenvalue weighted by Gasteiger charge is -2.25. The first-order chi connectivity index (χ1) is 8.69. The molecule has 0 aromatic heterocycles. The van der Waals surface area contributed by atoms with Gasteiger partial charge in [-0.1, -0.05) is 0 Å². The Morgan fingerprint density at radius 3 is 2.50 bits per heavy atom. The number of nitrogens with zero attached hydrogens (tertiary/aromatic N) is 1. The van der Waals surface area contributed by atoms with Crippen molar-refractivity contribution < 1.29 is 14.6 Å². The Hall–Kier alpha value is -0.160. The van der Waals surface area contributed by atoms with Crippen molar-refractivity contribution in [1.82, 2.24) is 4.90 Å². The van der Waals surface area contributed by atoms with Gasteiger partial charge in [-0.3, -0.25) is 4.90 Å². The fourth-order valence-electron chi connectivity index (χ4n) is 2.33. The van der Waals surface area contributed by atoms with E-state index in [2.05, 4.69) is 4.90 Å². The van der Waals surface area contributed by atoms with Gasteiger partial charge in [0.05, 0.1) is 25.4 Å². The van der Waals surface area contributed by atoms with Crippen molar-refractivity contribution in [2.45, 2.75) is 50.9 Å². The van der Waals surface area contributed by atoms with E-state index >= 15 is 0 Å². The maximum absolute atomic E-state index is 10.0. The molecule has 0 aliphatic heterocycles. The third-order valence-corrected chi connectivity index (χ3v) is 3.67. The maximum Gasteiger partial charge on any atom is 0.0900 e. The quantitative estimate of drug-likeness (QED) is 0.640. The minimum atomic E-state index is -0.372. The molecule has 4 nitrogen and oxygen atoms in total. The average Bonchev–Trinajstić information content (AvgIpc) is 3.17. The van der Waals surface area contributed by atoms with Crippen LogP contribution in [0, 0.1) is 5.92 Å². The molecule has 18 heavy (non-hydrogen) atoms. The molecular formula is C14H27NO3. The summed E-state index contributed by atoms with van der Waals surface area (Å²) in [7, 11) is 1.67. The molecule has 0 heterocycles. The first-order valence-corrected chi connectivity index (χ1v) is 7.21. The Bertz CT molecular complexity index is 241. The molecule has 4 heteroatoms. The van der Waals surface area contributed by atoms with Crippen LogP contribution < -0.4 is 0 Å². The van der Waals surface area contributed by atoms with Crippen LogP contribution in [0.1, 0.15) is 32.6 Å². The lowest BCUT2D eigenvalue weighted by molar-refractivity contribution is -0.0406. The SMILES string of the molecule is COCC(C)OCC(O)CN(CC1CC1)C1CC1. The third kappa shape index (κ3) is 5.22. The minimum absolute atomic E-state index is 0.0578. The lowest BCUT2D eigenvalue weighted by atomic mass is 10.3. The Labute approximate surface area is 110 Å². The highest BCUT2D eigenvalue weighted by molar-refractivity contribution is 4.89. The second-order valence-electron chi connectivity index (χ2n) is 5.88. The third-order valence-electron chi connectivity index (χ3n) is 3.67. The second-order valence-corrected chi connectivity index (χ2v) is 5.88. The van der Waals surface area contributed by atoms with Crippen LogP contribution in [0.3, 0.4) is 0 Å². The highest BCUT2D eigenvalue weighted by atomic mass is 16.5. The summed E-state index contributed by atoms with van der Waals surface area (Å²) in [6.45, 7) is 4.91. The van der Waals surface area contributed by atoms with E-state index in [0.717, 1.165) is 18.5 Å². The van der Waals surface area contributed by atoms with E-state index in [1.807, 2.05) is 6.92 Å². The Kier molecular flexibility index (Phi) is 5.42. The molecular weight excluding hydrogens is 230 g/mol. The molecule has 2 unspecified atom stereocenters. The van der Waals surface area contributed by atoms with Crippen LogP contribution in [0.2, 0.25) is 0 Å². The first kappa shape index (κ1) is 14.3. The summed E-state index contributed by atoms with van der Waals surface area (Å²) in [6.07, 6.45) is 5.05. The fourth-order valence-corrected chi connectivity index (χ4v) is 2.33. The molecule has 106 valence electrons. The Balaban J connectivity index is 1.62. The van der Waals surface area contributed by atoms with Crippen molar-refractivity contribution >= 4 is 0 Å². The normalized spacial score (nSPS) is 23.3. The number of methoxy groups -OCH3 is 1. The van der Waals surface area contributed by atoms with Gasteiger partial charge in [-0.25, -0.2) is 0 Å². The van der Waals surface area contributed by atoms with Gasteiger partial charge in [-0.05, 0) is 38.5 Å². The highest BCUT2D eigenvalue weighted by Crippen LogP contribution is 2.34. The molecule has 0 aromatic carbocycles. The molecule has 2 rings (SSSR count). The van der Waals surface area contributed by atoms with E-state index in [1.165, 1.54) is 32.2 Å². The van der Waals surface area contributed by atoms with Gasteiger partial charge in [-0.2, -0.15) is 0 Å². The smallest absolute Gasteiger partial charge is 0.0900 e. The summed E-state index contributed by atoms with van der Waals surface area (Å²) in [6, 6.07) is 0.733. The van der Waals surface area contributed by atoms with Crippen LogP contribution in [0.5, 0.6) is 0 Å². The Morgan fingerprint density at radius 2 is 1.94 bits per heavy atom. The number of aliphatic hydroxyl groups excluding tert-OH is 1. The predicted octanol–water partition coefficient (Wildman–Crippen LogP) is 1.27. The van der Waals surface area contributed by atoms with Gasteiger partial charge in [0, 0.05) is 26.2 Å². The van der Waals surface area contributed by atoms with E-state index in [1.54, 1.807) is 7.11 Å². The van der Waals surface area contributed by atoms with E-state index in [9.17, 15) is 5.11 Å². The number of aliphatic hydroxyl groups is 1. The summed E-state index contributed by atoms with van der Waals surface area (Å²) in [5.74, 6) is 0.895. The van der Waals surface area contributed by atoms with Crippen LogP contribution >= 0.6 is 0 Å². The second kappa shape index (κ2) is 6.85.